The quantitative estimate of drug-likeness (QED) is 0.492. The SMILES string of the molecule is CC(C)(C)OC(=O)N1C[C@H](OS(C)(=O)=O)[C@@H](N(CCS(=O)c2ccccc2)C(=O)OC(C)(C)C)C1. The van der Waals surface area contributed by atoms with E-state index in [0.717, 1.165) is 6.26 Å². The first kappa shape index (κ1) is 29.1. The first-order chi connectivity index (χ1) is 16.0. The van der Waals surface area contributed by atoms with Crippen molar-refractivity contribution in [2.75, 3.05) is 31.6 Å². The number of likely N-dealkylation sites (tertiary alicyclic amines) is 1. The summed E-state index contributed by atoms with van der Waals surface area (Å²) in [4.78, 5) is 29.1. The molecule has 198 valence electrons. The van der Waals surface area contributed by atoms with Crippen LogP contribution in [-0.4, -0.2) is 89.6 Å². The van der Waals surface area contributed by atoms with Gasteiger partial charge in [-0.1, -0.05) is 18.2 Å². The maximum Gasteiger partial charge on any atom is 0.410 e. The van der Waals surface area contributed by atoms with Crippen LogP contribution in [0, 0.1) is 0 Å². The van der Waals surface area contributed by atoms with Gasteiger partial charge in [0.05, 0.1) is 29.6 Å². The summed E-state index contributed by atoms with van der Waals surface area (Å²) >= 11 is 0. The van der Waals surface area contributed by atoms with Crippen LogP contribution in [0.15, 0.2) is 35.2 Å². The van der Waals surface area contributed by atoms with Crippen LogP contribution in [0.4, 0.5) is 9.59 Å². The maximum atomic E-state index is 13.2. The highest BCUT2D eigenvalue weighted by molar-refractivity contribution is 7.86. The third-order valence-corrected chi connectivity index (χ3v) is 6.69. The van der Waals surface area contributed by atoms with Crippen LogP contribution in [-0.2, 0) is 34.6 Å². The molecule has 2 amide bonds. The van der Waals surface area contributed by atoms with Crippen molar-refractivity contribution in [2.45, 2.75) is 69.8 Å². The minimum absolute atomic E-state index is 0.00708. The second kappa shape index (κ2) is 11.3. The van der Waals surface area contributed by atoms with Gasteiger partial charge in [-0.3, -0.25) is 13.3 Å². The van der Waals surface area contributed by atoms with Gasteiger partial charge in [-0.15, -0.1) is 0 Å². The molecule has 0 N–H and O–H groups in total. The molecule has 1 fully saturated rings. The van der Waals surface area contributed by atoms with E-state index in [2.05, 4.69) is 0 Å². The minimum atomic E-state index is -3.91. The molecule has 0 spiro atoms. The maximum absolute atomic E-state index is 13.2. The Labute approximate surface area is 210 Å². The summed E-state index contributed by atoms with van der Waals surface area (Å²) in [5, 5.41) is 0. The lowest BCUT2D eigenvalue weighted by Gasteiger charge is -2.33. The molecule has 1 aromatic rings. The number of ether oxygens (including phenoxy) is 2. The second-order valence-corrected chi connectivity index (χ2v) is 13.5. The largest absolute Gasteiger partial charge is 0.444 e. The number of rotatable bonds is 7. The van der Waals surface area contributed by atoms with Crippen LogP contribution in [0.3, 0.4) is 0 Å². The van der Waals surface area contributed by atoms with Gasteiger partial charge < -0.3 is 14.4 Å². The Bertz CT molecular complexity index is 1020. The lowest BCUT2D eigenvalue weighted by atomic mass is 10.2. The third kappa shape index (κ3) is 9.77. The molecule has 10 nitrogen and oxygen atoms in total. The fourth-order valence-corrected chi connectivity index (χ4v) is 5.13. The van der Waals surface area contributed by atoms with Gasteiger partial charge in [-0.25, -0.2) is 9.59 Å². The van der Waals surface area contributed by atoms with Crippen LogP contribution in [0.25, 0.3) is 0 Å². The minimum Gasteiger partial charge on any atom is -0.444 e. The number of hydrogen-bond acceptors (Lipinski definition) is 8. The van der Waals surface area contributed by atoms with Gasteiger partial charge in [0, 0.05) is 23.7 Å². The zero-order chi connectivity index (χ0) is 26.6. The summed E-state index contributed by atoms with van der Waals surface area (Å²) in [6.07, 6.45) is -1.52. The van der Waals surface area contributed by atoms with E-state index in [1.807, 2.05) is 6.07 Å². The summed E-state index contributed by atoms with van der Waals surface area (Å²) in [5.74, 6) is 0.0811. The molecule has 1 aliphatic rings. The number of nitrogens with zero attached hydrogens (tertiary/aromatic N) is 2. The zero-order valence-corrected chi connectivity index (χ0v) is 23.0. The Morgan fingerprint density at radius 1 is 1.03 bits per heavy atom. The molecule has 1 aromatic carbocycles. The second-order valence-electron chi connectivity index (χ2n) is 10.3. The predicted octanol–water partition coefficient (Wildman–Crippen LogP) is 3.00. The monoisotopic (exact) mass is 532 g/mol. The van der Waals surface area contributed by atoms with Crippen LogP contribution in [0.5, 0.6) is 0 Å². The number of amides is 2. The number of benzene rings is 1. The normalized spacial score (nSPS) is 19.8. The molecular formula is C23H36N2O8S2. The van der Waals surface area contributed by atoms with E-state index in [4.69, 9.17) is 13.7 Å². The van der Waals surface area contributed by atoms with Gasteiger partial charge in [-0.2, -0.15) is 8.42 Å². The molecule has 12 heteroatoms. The summed E-state index contributed by atoms with van der Waals surface area (Å²) in [6, 6.07) is 7.94. The molecule has 0 aromatic heterocycles. The summed E-state index contributed by atoms with van der Waals surface area (Å²) in [6.45, 7) is 10.1. The van der Waals surface area contributed by atoms with E-state index in [1.54, 1.807) is 65.8 Å². The van der Waals surface area contributed by atoms with Crippen LogP contribution in [0.2, 0.25) is 0 Å². The Hall–Kier alpha value is -2.18. The highest BCUT2D eigenvalue weighted by Gasteiger charge is 2.45. The topological polar surface area (TPSA) is 120 Å². The van der Waals surface area contributed by atoms with Crippen molar-refractivity contribution in [3.05, 3.63) is 30.3 Å². The number of carbonyl (C=O) groups excluding carboxylic acids is 2. The molecule has 0 radical (unpaired) electrons. The van der Waals surface area contributed by atoms with Crippen molar-refractivity contribution >= 4 is 33.1 Å². The molecule has 1 saturated heterocycles. The average molecular weight is 533 g/mol. The third-order valence-electron chi connectivity index (χ3n) is 4.74. The van der Waals surface area contributed by atoms with Gasteiger partial charge in [0.2, 0.25) is 0 Å². The van der Waals surface area contributed by atoms with E-state index in [9.17, 15) is 22.2 Å². The predicted molar refractivity (Wildman–Crippen MR) is 132 cm³/mol. The average Bonchev–Trinajstić information content (AvgIpc) is 3.08. The van der Waals surface area contributed by atoms with Crippen molar-refractivity contribution in [1.82, 2.24) is 9.80 Å². The van der Waals surface area contributed by atoms with Crippen molar-refractivity contribution < 1.29 is 35.9 Å². The Morgan fingerprint density at radius 2 is 1.60 bits per heavy atom. The van der Waals surface area contributed by atoms with Gasteiger partial charge in [0.25, 0.3) is 10.1 Å². The molecule has 1 heterocycles. The van der Waals surface area contributed by atoms with Gasteiger partial charge in [-0.05, 0) is 53.7 Å². The van der Waals surface area contributed by atoms with E-state index < -0.39 is 56.5 Å². The molecule has 3 atom stereocenters. The first-order valence-electron chi connectivity index (χ1n) is 11.2. The first-order valence-corrected chi connectivity index (χ1v) is 14.4. The Kier molecular flexibility index (Phi) is 9.34. The fourth-order valence-electron chi connectivity index (χ4n) is 3.44. The van der Waals surface area contributed by atoms with Gasteiger partial charge >= 0.3 is 12.2 Å². The van der Waals surface area contributed by atoms with Gasteiger partial charge in [0.1, 0.15) is 17.3 Å². The standard InChI is InChI=1S/C23H36N2O8S2/c1-22(2,3)31-20(26)24-15-18(19(16-24)33-35(7,29)30)25(21(27)32-23(4,5)6)13-14-34(28)17-11-9-8-10-12-17/h8-12,18-19H,13-16H2,1-7H3/t18-,19-,34?/m0/s1. The van der Waals surface area contributed by atoms with Crippen molar-refractivity contribution in [2.24, 2.45) is 0 Å². The molecule has 0 bridgehead atoms. The Morgan fingerprint density at radius 3 is 2.11 bits per heavy atom. The van der Waals surface area contributed by atoms with Crippen LogP contribution < -0.4 is 0 Å². The highest BCUT2D eigenvalue weighted by Crippen LogP contribution is 2.25. The molecule has 0 aliphatic carbocycles. The van der Waals surface area contributed by atoms with Crippen molar-refractivity contribution in [3.63, 3.8) is 0 Å². The molecule has 1 aliphatic heterocycles. The summed E-state index contributed by atoms with van der Waals surface area (Å²) in [5.41, 5.74) is -1.59. The van der Waals surface area contributed by atoms with Crippen molar-refractivity contribution in [3.8, 4) is 0 Å². The Balaban J connectivity index is 2.33. The number of hydrogen-bond donors (Lipinski definition) is 0. The summed E-state index contributed by atoms with van der Waals surface area (Å²) < 4.78 is 53.0. The molecular weight excluding hydrogens is 496 g/mol. The smallest absolute Gasteiger partial charge is 0.410 e. The molecule has 35 heavy (non-hydrogen) atoms. The van der Waals surface area contributed by atoms with E-state index >= 15 is 0 Å². The van der Waals surface area contributed by atoms with Crippen LogP contribution in [0.1, 0.15) is 41.5 Å². The highest BCUT2D eigenvalue weighted by atomic mass is 32.2. The lowest BCUT2D eigenvalue weighted by Crippen LogP contribution is -2.51. The van der Waals surface area contributed by atoms with E-state index in [1.165, 1.54) is 9.80 Å². The molecule has 2 rings (SSSR count). The van der Waals surface area contributed by atoms with E-state index in [0.29, 0.717) is 4.90 Å². The van der Waals surface area contributed by atoms with E-state index in [-0.39, 0.29) is 25.4 Å². The fraction of sp³-hybridized carbons (Fsp3) is 0.652. The van der Waals surface area contributed by atoms with Crippen molar-refractivity contribution in [1.29, 1.82) is 0 Å². The lowest BCUT2D eigenvalue weighted by molar-refractivity contribution is 0.00800. The number of carbonyl (C=O) groups is 2. The van der Waals surface area contributed by atoms with Crippen LogP contribution >= 0.6 is 0 Å². The summed E-state index contributed by atoms with van der Waals surface area (Å²) in [7, 11) is -5.33. The molecule has 0 saturated carbocycles. The molecule has 1 unspecified atom stereocenters. The zero-order valence-electron chi connectivity index (χ0n) is 21.3. The van der Waals surface area contributed by atoms with Gasteiger partial charge in [0.15, 0.2) is 0 Å².